The summed E-state index contributed by atoms with van der Waals surface area (Å²) in [6, 6.07) is 0. The Labute approximate surface area is 128 Å². The van der Waals surface area contributed by atoms with Crippen molar-refractivity contribution in [1.82, 2.24) is 4.90 Å². The van der Waals surface area contributed by atoms with Crippen LogP contribution in [0.25, 0.3) is 0 Å². The normalized spacial score (nSPS) is 26.2. The Morgan fingerprint density at radius 1 is 1.29 bits per heavy atom. The third kappa shape index (κ3) is 5.68. The highest BCUT2D eigenvalue weighted by Crippen LogP contribution is 2.24. The van der Waals surface area contributed by atoms with E-state index in [9.17, 15) is 4.79 Å². The van der Waals surface area contributed by atoms with Gasteiger partial charge in [-0.15, -0.1) is 5.92 Å². The maximum atomic E-state index is 11.8. The lowest BCUT2D eigenvalue weighted by Gasteiger charge is -2.23. The lowest BCUT2D eigenvalue weighted by Crippen LogP contribution is -2.29. The smallest absolute Gasteiger partial charge is 0.310 e. The highest BCUT2D eigenvalue weighted by atomic mass is 16.6. The van der Waals surface area contributed by atoms with Gasteiger partial charge in [0.2, 0.25) is 0 Å². The predicted molar refractivity (Wildman–Crippen MR) is 81.8 cm³/mol. The highest BCUT2D eigenvalue weighted by Gasteiger charge is 2.33. The zero-order valence-corrected chi connectivity index (χ0v) is 13.1. The summed E-state index contributed by atoms with van der Waals surface area (Å²) in [5.74, 6) is 6.20. The predicted octanol–water partition coefficient (Wildman–Crippen LogP) is 2.22. The van der Waals surface area contributed by atoms with Crippen LogP contribution >= 0.6 is 0 Å². The van der Waals surface area contributed by atoms with E-state index in [1.54, 1.807) is 0 Å². The molecule has 0 unspecified atom stereocenters. The van der Waals surface area contributed by atoms with E-state index in [0.29, 0.717) is 13.0 Å². The van der Waals surface area contributed by atoms with Gasteiger partial charge in [0.15, 0.2) is 0 Å². The van der Waals surface area contributed by atoms with E-state index in [4.69, 9.17) is 9.47 Å². The molecule has 2 atom stereocenters. The van der Waals surface area contributed by atoms with Crippen LogP contribution in [0.1, 0.15) is 45.4 Å². The van der Waals surface area contributed by atoms with Crippen molar-refractivity contribution in [2.75, 3.05) is 32.8 Å². The second-order valence-corrected chi connectivity index (χ2v) is 5.96. The molecule has 2 aliphatic rings. The molecular weight excluding hydrogens is 266 g/mol. The molecule has 0 saturated carbocycles. The zero-order valence-electron chi connectivity index (χ0n) is 13.1. The highest BCUT2D eigenvalue weighted by molar-refractivity contribution is 5.75. The van der Waals surface area contributed by atoms with Crippen molar-refractivity contribution in [1.29, 1.82) is 0 Å². The van der Waals surface area contributed by atoms with Crippen LogP contribution in [0.5, 0.6) is 0 Å². The fraction of sp³-hybridized carbons (Fsp3) is 0.824. The van der Waals surface area contributed by atoms with Gasteiger partial charge in [-0.05, 0) is 32.4 Å². The van der Waals surface area contributed by atoms with Crippen molar-refractivity contribution < 1.29 is 14.3 Å². The second kappa shape index (κ2) is 9.07. The van der Waals surface area contributed by atoms with Gasteiger partial charge in [0.1, 0.15) is 6.10 Å². The molecule has 0 spiro atoms. The molecule has 2 heterocycles. The van der Waals surface area contributed by atoms with E-state index in [1.165, 1.54) is 19.3 Å². The molecule has 118 valence electrons. The molecule has 0 amide bonds. The quantitative estimate of drug-likeness (QED) is 0.428. The molecule has 2 rings (SSSR count). The number of rotatable bonds is 6. The first kappa shape index (κ1) is 16.3. The molecule has 0 N–H and O–H groups in total. The summed E-state index contributed by atoms with van der Waals surface area (Å²) in [5.41, 5.74) is 0. The number of carbonyl (C=O) groups is 1. The van der Waals surface area contributed by atoms with Gasteiger partial charge in [-0.25, -0.2) is 0 Å². The number of ether oxygens (including phenoxy) is 2. The molecule has 0 aromatic heterocycles. The summed E-state index contributed by atoms with van der Waals surface area (Å²) in [6.45, 7) is 6.49. The summed E-state index contributed by atoms with van der Waals surface area (Å²) < 4.78 is 10.8. The third-order valence-corrected chi connectivity index (χ3v) is 4.04. The molecule has 0 aliphatic carbocycles. The van der Waals surface area contributed by atoms with E-state index in [1.807, 2.05) is 0 Å². The number of piperidine rings is 1. The number of hydrogen-bond acceptors (Lipinski definition) is 4. The Balaban J connectivity index is 1.65. The topological polar surface area (TPSA) is 38.8 Å². The summed E-state index contributed by atoms with van der Waals surface area (Å²) in [4.78, 5) is 14.2. The molecule has 0 bridgehead atoms. The van der Waals surface area contributed by atoms with Gasteiger partial charge in [-0.1, -0.05) is 19.3 Å². The van der Waals surface area contributed by atoms with Crippen molar-refractivity contribution in [3.63, 3.8) is 0 Å². The number of nitrogens with zero attached hydrogens (tertiary/aromatic N) is 1. The van der Waals surface area contributed by atoms with Gasteiger partial charge in [0.25, 0.3) is 0 Å². The molecule has 2 fully saturated rings. The van der Waals surface area contributed by atoms with Gasteiger partial charge in [-0.2, -0.15) is 0 Å². The number of cyclic esters (lactones) is 1. The van der Waals surface area contributed by atoms with Gasteiger partial charge in [0, 0.05) is 19.4 Å². The third-order valence-electron chi connectivity index (χ3n) is 4.04. The van der Waals surface area contributed by atoms with E-state index in [0.717, 1.165) is 39.1 Å². The lowest BCUT2D eigenvalue weighted by molar-refractivity contribution is -0.146. The Morgan fingerprint density at radius 2 is 2.10 bits per heavy atom. The van der Waals surface area contributed by atoms with Crippen LogP contribution in [0.2, 0.25) is 0 Å². The maximum absolute atomic E-state index is 11.8. The summed E-state index contributed by atoms with van der Waals surface area (Å²) >= 11 is 0. The largest absolute Gasteiger partial charge is 0.460 e. The Morgan fingerprint density at radius 3 is 2.86 bits per heavy atom. The SMILES string of the molecule is CCCOC[C@@H]1C[C@H](CC#CCN2CCCCC2)C(=O)O1. The minimum absolute atomic E-state index is 0.0610. The standard InChI is InChI=1S/C17H27NO3/c1-2-12-20-14-16-13-15(17(19)21-16)8-4-7-11-18-9-5-3-6-10-18/h15-16H,2-3,5-6,8-14H2,1H3/t15-,16-/m0/s1. The molecule has 2 aliphatic heterocycles. The Bertz CT molecular complexity index is 379. The van der Waals surface area contributed by atoms with Crippen LogP contribution in [0.4, 0.5) is 0 Å². The van der Waals surface area contributed by atoms with Gasteiger partial charge < -0.3 is 9.47 Å². The zero-order chi connectivity index (χ0) is 14.9. The molecule has 4 heteroatoms. The Hall–Kier alpha value is -1.05. The monoisotopic (exact) mass is 293 g/mol. The first-order chi connectivity index (χ1) is 10.3. The molecule has 0 aromatic carbocycles. The van der Waals surface area contributed by atoms with Crippen molar-refractivity contribution in [3.05, 3.63) is 0 Å². The van der Waals surface area contributed by atoms with E-state index in [2.05, 4.69) is 23.7 Å². The van der Waals surface area contributed by atoms with Crippen molar-refractivity contribution in [2.24, 2.45) is 5.92 Å². The number of esters is 1. The molecule has 2 saturated heterocycles. The van der Waals surface area contributed by atoms with E-state index in [-0.39, 0.29) is 18.0 Å². The van der Waals surface area contributed by atoms with Gasteiger partial charge in [0.05, 0.1) is 19.1 Å². The lowest BCUT2D eigenvalue weighted by atomic mass is 10.0. The minimum Gasteiger partial charge on any atom is -0.460 e. The average Bonchev–Trinajstić information content (AvgIpc) is 2.85. The summed E-state index contributed by atoms with van der Waals surface area (Å²) in [5, 5.41) is 0. The minimum atomic E-state index is -0.104. The fourth-order valence-electron chi connectivity index (χ4n) is 2.83. The van der Waals surface area contributed by atoms with Crippen LogP contribution in [0, 0.1) is 17.8 Å². The van der Waals surface area contributed by atoms with Crippen LogP contribution in [0.15, 0.2) is 0 Å². The molecular formula is C17H27NO3. The molecule has 21 heavy (non-hydrogen) atoms. The van der Waals surface area contributed by atoms with Crippen LogP contribution in [-0.2, 0) is 14.3 Å². The van der Waals surface area contributed by atoms with Crippen LogP contribution in [-0.4, -0.2) is 49.8 Å². The van der Waals surface area contributed by atoms with Gasteiger partial charge in [-0.3, -0.25) is 9.69 Å². The number of likely N-dealkylation sites (tertiary alicyclic amines) is 1. The van der Waals surface area contributed by atoms with Crippen molar-refractivity contribution >= 4 is 5.97 Å². The van der Waals surface area contributed by atoms with E-state index < -0.39 is 0 Å². The van der Waals surface area contributed by atoms with Gasteiger partial charge >= 0.3 is 5.97 Å². The fourth-order valence-corrected chi connectivity index (χ4v) is 2.83. The van der Waals surface area contributed by atoms with Crippen LogP contribution in [0.3, 0.4) is 0 Å². The van der Waals surface area contributed by atoms with E-state index >= 15 is 0 Å². The second-order valence-electron chi connectivity index (χ2n) is 5.96. The molecule has 0 radical (unpaired) electrons. The van der Waals surface area contributed by atoms with Crippen LogP contribution < -0.4 is 0 Å². The molecule has 4 nitrogen and oxygen atoms in total. The van der Waals surface area contributed by atoms with Crippen molar-refractivity contribution in [3.8, 4) is 11.8 Å². The average molecular weight is 293 g/mol. The first-order valence-corrected chi connectivity index (χ1v) is 8.26. The molecule has 0 aromatic rings. The number of carbonyl (C=O) groups excluding carboxylic acids is 1. The van der Waals surface area contributed by atoms with Crippen molar-refractivity contribution in [2.45, 2.75) is 51.6 Å². The summed E-state index contributed by atoms with van der Waals surface area (Å²) in [6.07, 6.45) is 6.22. The maximum Gasteiger partial charge on any atom is 0.310 e. The summed E-state index contributed by atoms with van der Waals surface area (Å²) in [7, 11) is 0. The Kier molecular flexibility index (Phi) is 7.05. The number of hydrogen-bond donors (Lipinski definition) is 0. The first-order valence-electron chi connectivity index (χ1n) is 8.26.